The van der Waals surface area contributed by atoms with Gasteiger partial charge in [0.1, 0.15) is 0 Å². The first-order valence-electron chi connectivity index (χ1n) is 5.10. The molecule has 2 atom stereocenters. The van der Waals surface area contributed by atoms with Crippen molar-refractivity contribution in [2.45, 2.75) is 19.3 Å². The molecule has 1 N–H and O–H groups in total. The lowest BCUT2D eigenvalue weighted by atomic mass is 9.94. The van der Waals surface area contributed by atoms with Gasteiger partial charge in [0.15, 0.2) is 0 Å². The quantitative estimate of drug-likeness (QED) is 0.707. The zero-order valence-corrected chi connectivity index (χ0v) is 8.70. The third-order valence-corrected chi connectivity index (χ3v) is 3.49. The van der Waals surface area contributed by atoms with Crippen LogP contribution in [-0.2, 0) is 5.41 Å². The van der Waals surface area contributed by atoms with Crippen LogP contribution in [0.25, 0.3) is 0 Å². The minimum absolute atomic E-state index is 0.0734. The van der Waals surface area contributed by atoms with Gasteiger partial charge in [-0.15, -0.1) is 0 Å². The molecule has 1 aromatic carbocycles. The lowest BCUT2D eigenvalue weighted by Gasteiger charge is -2.12. The summed E-state index contributed by atoms with van der Waals surface area (Å²) in [5.74, 6) is 0.486. The Hall–Kier alpha value is -1.08. The molecule has 1 saturated carbocycles. The third kappa shape index (κ3) is 1.05. The predicted molar refractivity (Wildman–Crippen MR) is 58.1 cm³/mol. The molecule has 0 amide bonds. The van der Waals surface area contributed by atoms with Crippen molar-refractivity contribution < 1.29 is 5.11 Å². The topological polar surface area (TPSA) is 20.2 Å². The molecule has 1 aromatic rings. The summed E-state index contributed by atoms with van der Waals surface area (Å²) in [7, 11) is 0. The molecule has 1 aliphatic rings. The summed E-state index contributed by atoms with van der Waals surface area (Å²) in [6.45, 7) is 4.45. The number of allylic oxidation sites excluding steroid dienone is 1. The molecule has 1 aliphatic carbocycles. The zero-order valence-electron chi connectivity index (χ0n) is 8.70. The highest BCUT2D eigenvalue weighted by molar-refractivity contribution is 5.52. The van der Waals surface area contributed by atoms with Gasteiger partial charge < -0.3 is 5.11 Å². The van der Waals surface area contributed by atoms with Crippen molar-refractivity contribution in [2.75, 3.05) is 6.61 Å². The maximum atomic E-state index is 9.54. The summed E-state index contributed by atoms with van der Waals surface area (Å²) in [5.41, 5.74) is 2.53. The number of benzene rings is 1. The van der Waals surface area contributed by atoms with Crippen molar-refractivity contribution >= 4 is 0 Å². The van der Waals surface area contributed by atoms with Crippen molar-refractivity contribution in [3.05, 3.63) is 47.5 Å². The molecular weight excluding hydrogens is 172 g/mol. The summed E-state index contributed by atoms with van der Waals surface area (Å²) in [6, 6.07) is 10.3. The van der Waals surface area contributed by atoms with E-state index in [-0.39, 0.29) is 12.0 Å². The Morgan fingerprint density at radius 3 is 2.43 bits per heavy atom. The molecule has 0 saturated heterocycles. The van der Waals surface area contributed by atoms with Crippen molar-refractivity contribution in [3.63, 3.8) is 0 Å². The molecule has 0 unspecified atom stereocenters. The second-order valence-corrected chi connectivity index (χ2v) is 3.96. The first-order valence-corrected chi connectivity index (χ1v) is 5.10. The van der Waals surface area contributed by atoms with E-state index in [0.29, 0.717) is 5.92 Å². The molecule has 0 spiro atoms. The van der Waals surface area contributed by atoms with Gasteiger partial charge in [0, 0.05) is 5.41 Å². The van der Waals surface area contributed by atoms with Gasteiger partial charge in [-0.25, -0.2) is 0 Å². The maximum absolute atomic E-state index is 9.54. The normalized spacial score (nSPS) is 33.4. The number of hydrogen-bond donors (Lipinski definition) is 1. The molecule has 0 aliphatic heterocycles. The van der Waals surface area contributed by atoms with Crippen LogP contribution >= 0.6 is 0 Å². The standard InChI is InChI=1S/C13H16O/c1-3-12-10(2)13(12,9-14)11-7-5-4-6-8-11/h3-8,10,14H,9H2,1-2H3/b12-3+/t10-,13-/m1/s1. The Kier molecular flexibility index (Phi) is 2.20. The van der Waals surface area contributed by atoms with Gasteiger partial charge in [0.05, 0.1) is 6.61 Å². The fourth-order valence-corrected chi connectivity index (χ4v) is 2.55. The summed E-state index contributed by atoms with van der Waals surface area (Å²) < 4.78 is 0. The highest BCUT2D eigenvalue weighted by Gasteiger charge is 2.56. The fraction of sp³-hybridized carbons (Fsp3) is 0.385. The highest BCUT2D eigenvalue weighted by Crippen LogP contribution is 2.58. The second kappa shape index (κ2) is 3.25. The van der Waals surface area contributed by atoms with Crippen LogP contribution in [0.3, 0.4) is 0 Å². The van der Waals surface area contributed by atoms with Crippen molar-refractivity contribution in [2.24, 2.45) is 5.92 Å². The van der Waals surface area contributed by atoms with E-state index in [9.17, 15) is 5.11 Å². The van der Waals surface area contributed by atoms with E-state index in [0.717, 1.165) is 0 Å². The molecule has 1 nitrogen and oxygen atoms in total. The summed E-state index contributed by atoms with van der Waals surface area (Å²) in [5, 5.41) is 9.54. The smallest absolute Gasteiger partial charge is 0.0571 e. The molecule has 1 fully saturated rings. The van der Waals surface area contributed by atoms with Crippen LogP contribution in [0.4, 0.5) is 0 Å². The first kappa shape index (κ1) is 9.47. The van der Waals surface area contributed by atoms with E-state index in [2.05, 4.69) is 25.1 Å². The minimum Gasteiger partial charge on any atom is -0.395 e. The monoisotopic (exact) mass is 188 g/mol. The van der Waals surface area contributed by atoms with Gasteiger partial charge in [-0.2, -0.15) is 0 Å². The molecule has 0 bridgehead atoms. The predicted octanol–water partition coefficient (Wildman–Crippen LogP) is 2.51. The van der Waals surface area contributed by atoms with E-state index in [1.54, 1.807) is 0 Å². The van der Waals surface area contributed by atoms with Crippen LogP contribution in [0.2, 0.25) is 0 Å². The lowest BCUT2D eigenvalue weighted by Crippen LogP contribution is -2.14. The third-order valence-electron chi connectivity index (χ3n) is 3.49. The first-order chi connectivity index (χ1) is 6.77. The van der Waals surface area contributed by atoms with Gasteiger partial charge in [0.2, 0.25) is 0 Å². The van der Waals surface area contributed by atoms with Crippen molar-refractivity contribution in [1.82, 2.24) is 0 Å². The van der Waals surface area contributed by atoms with E-state index >= 15 is 0 Å². The van der Waals surface area contributed by atoms with Crippen LogP contribution in [0.15, 0.2) is 42.0 Å². The zero-order chi connectivity index (χ0) is 10.2. The SMILES string of the molecule is C/C=C1\[C@@H](C)[C@]1(CO)c1ccccc1. The lowest BCUT2D eigenvalue weighted by molar-refractivity contribution is 0.251. The highest BCUT2D eigenvalue weighted by atomic mass is 16.3. The summed E-state index contributed by atoms with van der Waals surface area (Å²) in [6.07, 6.45) is 2.13. The van der Waals surface area contributed by atoms with Crippen LogP contribution < -0.4 is 0 Å². The van der Waals surface area contributed by atoms with Crippen molar-refractivity contribution in [3.8, 4) is 0 Å². The summed E-state index contributed by atoms with van der Waals surface area (Å²) >= 11 is 0. The summed E-state index contributed by atoms with van der Waals surface area (Å²) in [4.78, 5) is 0. The number of hydrogen-bond acceptors (Lipinski definition) is 1. The van der Waals surface area contributed by atoms with Crippen LogP contribution in [0, 0.1) is 5.92 Å². The molecule has 14 heavy (non-hydrogen) atoms. The maximum Gasteiger partial charge on any atom is 0.0571 e. The average molecular weight is 188 g/mol. The van der Waals surface area contributed by atoms with Gasteiger partial charge in [-0.05, 0) is 18.4 Å². The van der Waals surface area contributed by atoms with Crippen LogP contribution in [0.5, 0.6) is 0 Å². The van der Waals surface area contributed by atoms with E-state index in [1.807, 2.05) is 25.1 Å². The number of aliphatic hydroxyl groups excluding tert-OH is 1. The Balaban J connectivity index is 2.43. The molecule has 74 valence electrons. The molecule has 0 radical (unpaired) electrons. The Morgan fingerprint density at radius 2 is 2.00 bits per heavy atom. The Labute approximate surface area is 85.1 Å². The number of rotatable bonds is 2. The molecule has 0 heterocycles. The molecule has 2 rings (SSSR count). The fourth-order valence-electron chi connectivity index (χ4n) is 2.55. The minimum atomic E-state index is -0.0734. The van der Waals surface area contributed by atoms with E-state index in [4.69, 9.17) is 0 Å². The molecule has 1 heteroatoms. The van der Waals surface area contributed by atoms with Gasteiger partial charge in [-0.1, -0.05) is 48.9 Å². The van der Waals surface area contributed by atoms with E-state index < -0.39 is 0 Å². The van der Waals surface area contributed by atoms with Crippen molar-refractivity contribution in [1.29, 1.82) is 0 Å². The van der Waals surface area contributed by atoms with Gasteiger partial charge in [0.25, 0.3) is 0 Å². The Morgan fingerprint density at radius 1 is 1.36 bits per heavy atom. The van der Waals surface area contributed by atoms with Gasteiger partial charge in [-0.3, -0.25) is 0 Å². The average Bonchev–Trinajstić information content (AvgIpc) is 2.85. The number of aliphatic hydroxyl groups is 1. The Bertz CT molecular complexity index is 353. The van der Waals surface area contributed by atoms with Gasteiger partial charge >= 0.3 is 0 Å². The largest absolute Gasteiger partial charge is 0.395 e. The van der Waals surface area contributed by atoms with E-state index in [1.165, 1.54) is 11.1 Å². The van der Waals surface area contributed by atoms with Crippen LogP contribution in [-0.4, -0.2) is 11.7 Å². The molecule has 0 aromatic heterocycles. The molecular formula is C13H16O. The van der Waals surface area contributed by atoms with Crippen LogP contribution in [0.1, 0.15) is 19.4 Å². The second-order valence-electron chi connectivity index (χ2n) is 3.96.